The monoisotopic (exact) mass is 288 g/mol. The number of hydrogen-bond donors (Lipinski definition) is 0. The molecule has 21 heavy (non-hydrogen) atoms. The summed E-state index contributed by atoms with van der Waals surface area (Å²) >= 11 is 0. The molecule has 0 aromatic rings. The molecular formula is C18H24O3. The Morgan fingerprint density at radius 3 is 2.67 bits per heavy atom. The van der Waals surface area contributed by atoms with Gasteiger partial charge >= 0.3 is 5.97 Å². The highest BCUT2D eigenvalue weighted by Crippen LogP contribution is 2.65. The van der Waals surface area contributed by atoms with Crippen molar-refractivity contribution in [1.29, 1.82) is 0 Å². The molecule has 4 aliphatic rings. The molecule has 2 bridgehead atoms. The van der Waals surface area contributed by atoms with Crippen molar-refractivity contribution in [1.82, 2.24) is 0 Å². The highest BCUT2D eigenvalue weighted by molar-refractivity contribution is 5.96. The molecule has 0 radical (unpaired) electrons. The maximum absolute atomic E-state index is 12.4. The number of ether oxygens (including phenoxy) is 1. The number of Topliss-reactive ketones (excluding diaryl/α,β-unsaturated/α-hetero) is 1. The van der Waals surface area contributed by atoms with Crippen molar-refractivity contribution in [2.45, 2.75) is 51.9 Å². The first-order valence-corrected chi connectivity index (χ1v) is 8.66. The van der Waals surface area contributed by atoms with E-state index in [4.69, 9.17) is 4.74 Å². The van der Waals surface area contributed by atoms with Gasteiger partial charge in [-0.2, -0.15) is 0 Å². The average Bonchev–Trinajstić information content (AvgIpc) is 2.93. The zero-order valence-electron chi connectivity index (χ0n) is 12.8. The maximum atomic E-state index is 12.4. The molecule has 0 heterocycles. The molecule has 0 amide bonds. The second-order valence-electron chi connectivity index (χ2n) is 7.25. The van der Waals surface area contributed by atoms with E-state index in [0.29, 0.717) is 30.1 Å². The fourth-order valence-electron chi connectivity index (χ4n) is 5.59. The van der Waals surface area contributed by atoms with Gasteiger partial charge in [0.1, 0.15) is 5.78 Å². The van der Waals surface area contributed by atoms with E-state index >= 15 is 0 Å². The minimum absolute atomic E-state index is 0.125. The Labute approximate surface area is 126 Å². The Morgan fingerprint density at radius 1 is 1.19 bits per heavy atom. The summed E-state index contributed by atoms with van der Waals surface area (Å²) in [5.74, 6) is 2.27. The van der Waals surface area contributed by atoms with Gasteiger partial charge in [-0.3, -0.25) is 4.79 Å². The third-order valence-corrected chi connectivity index (χ3v) is 6.31. The molecule has 0 spiro atoms. The lowest BCUT2D eigenvalue weighted by Gasteiger charge is -2.47. The van der Waals surface area contributed by atoms with Crippen molar-refractivity contribution in [2.24, 2.45) is 29.6 Å². The number of ketones is 1. The molecule has 4 atom stereocenters. The largest absolute Gasteiger partial charge is 0.463 e. The summed E-state index contributed by atoms with van der Waals surface area (Å²) in [6.07, 6.45) is 8.14. The second-order valence-corrected chi connectivity index (χ2v) is 7.25. The molecule has 4 rings (SSSR count). The summed E-state index contributed by atoms with van der Waals surface area (Å²) < 4.78 is 5.31. The number of fused-ring (bicyclic) bond motifs is 5. The minimum Gasteiger partial charge on any atom is -0.463 e. The van der Waals surface area contributed by atoms with Crippen LogP contribution in [-0.2, 0) is 14.3 Å². The van der Waals surface area contributed by atoms with E-state index in [1.165, 1.54) is 37.7 Å². The molecule has 114 valence electrons. The van der Waals surface area contributed by atoms with Crippen LogP contribution in [0, 0.1) is 29.6 Å². The number of carbonyl (C=O) groups is 2. The van der Waals surface area contributed by atoms with Gasteiger partial charge in [-0.1, -0.05) is 24.8 Å². The fraction of sp³-hybridized carbons (Fsp3) is 0.778. The second kappa shape index (κ2) is 4.96. The summed E-state index contributed by atoms with van der Waals surface area (Å²) in [6.45, 7) is 2.29. The first-order chi connectivity index (χ1) is 10.2. The van der Waals surface area contributed by atoms with Gasteiger partial charge in [0.25, 0.3) is 0 Å². The van der Waals surface area contributed by atoms with Crippen molar-refractivity contribution in [3.8, 4) is 0 Å². The highest BCUT2D eigenvalue weighted by atomic mass is 16.5. The number of rotatable bonds is 3. The van der Waals surface area contributed by atoms with Crippen LogP contribution in [0.5, 0.6) is 0 Å². The van der Waals surface area contributed by atoms with Crippen molar-refractivity contribution < 1.29 is 14.3 Å². The summed E-state index contributed by atoms with van der Waals surface area (Å²) in [6, 6.07) is 0. The molecule has 3 saturated carbocycles. The maximum Gasteiger partial charge on any atom is 0.334 e. The predicted octanol–water partition coefficient (Wildman–Crippen LogP) is 3.28. The van der Waals surface area contributed by atoms with Gasteiger partial charge in [-0.25, -0.2) is 4.79 Å². The Morgan fingerprint density at radius 2 is 1.95 bits per heavy atom. The molecule has 0 aliphatic heterocycles. The lowest BCUT2D eigenvalue weighted by Crippen LogP contribution is -2.45. The molecule has 0 aromatic carbocycles. The summed E-state index contributed by atoms with van der Waals surface area (Å²) in [4.78, 5) is 24.5. The van der Waals surface area contributed by atoms with E-state index in [1.54, 1.807) is 0 Å². The third-order valence-electron chi connectivity index (χ3n) is 6.31. The molecule has 0 unspecified atom stereocenters. The van der Waals surface area contributed by atoms with Crippen LogP contribution >= 0.6 is 0 Å². The van der Waals surface area contributed by atoms with Crippen molar-refractivity contribution >= 4 is 11.8 Å². The van der Waals surface area contributed by atoms with Gasteiger partial charge < -0.3 is 4.74 Å². The van der Waals surface area contributed by atoms with Crippen molar-refractivity contribution in [2.75, 3.05) is 6.61 Å². The van der Waals surface area contributed by atoms with Gasteiger partial charge in [-0.05, 0) is 43.9 Å². The normalized spacial score (nSPS) is 38.4. The molecule has 3 nitrogen and oxygen atoms in total. The zero-order chi connectivity index (χ0) is 14.6. The molecule has 0 aromatic heterocycles. The summed E-state index contributed by atoms with van der Waals surface area (Å²) in [5.41, 5.74) is 2.34. The molecule has 0 N–H and O–H groups in total. The van der Waals surface area contributed by atoms with Crippen LogP contribution in [0.25, 0.3) is 0 Å². The van der Waals surface area contributed by atoms with Crippen LogP contribution in [0.3, 0.4) is 0 Å². The molecule has 3 fully saturated rings. The predicted molar refractivity (Wildman–Crippen MR) is 78.4 cm³/mol. The average molecular weight is 288 g/mol. The SMILES string of the molecule is CCOC(=O)C1=C(C2CCCCC2)[C@@H]2[C@H]3CC(=O)[C@H](C3)[C@H]12. The van der Waals surface area contributed by atoms with Crippen LogP contribution in [0.15, 0.2) is 11.1 Å². The number of hydrogen-bond acceptors (Lipinski definition) is 3. The quantitative estimate of drug-likeness (QED) is 0.749. The molecular weight excluding hydrogens is 264 g/mol. The third kappa shape index (κ3) is 1.85. The topological polar surface area (TPSA) is 43.4 Å². The van der Waals surface area contributed by atoms with Gasteiger partial charge in [-0.15, -0.1) is 0 Å². The minimum atomic E-state index is -0.125. The van der Waals surface area contributed by atoms with Gasteiger partial charge in [0.2, 0.25) is 0 Å². The molecule has 4 aliphatic carbocycles. The molecule has 0 saturated heterocycles. The standard InChI is InChI=1S/C18H24O3/c1-2-21-18(20)17-14(10-6-4-3-5-7-10)15-11-8-12(16(15)17)13(19)9-11/h10-12,15-16H,2-9H2,1H3/t11-,12+,15+,16+/m1/s1. The summed E-state index contributed by atoms with van der Waals surface area (Å²) in [7, 11) is 0. The van der Waals surface area contributed by atoms with Crippen LogP contribution in [0.2, 0.25) is 0 Å². The summed E-state index contributed by atoms with van der Waals surface area (Å²) in [5, 5.41) is 0. The number of allylic oxidation sites excluding steroid dienone is 1. The van der Waals surface area contributed by atoms with Crippen molar-refractivity contribution in [3.05, 3.63) is 11.1 Å². The van der Waals surface area contributed by atoms with Crippen LogP contribution < -0.4 is 0 Å². The zero-order valence-corrected chi connectivity index (χ0v) is 12.8. The smallest absolute Gasteiger partial charge is 0.334 e. The van der Waals surface area contributed by atoms with E-state index in [0.717, 1.165) is 18.4 Å². The van der Waals surface area contributed by atoms with E-state index in [9.17, 15) is 9.59 Å². The van der Waals surface area contributed by atoms with Crippen molar-refractivity contribution in [3.63, 3.8) is 0 Å². The van der Waals surface area contributed by atoms with Crippen LogP contribution in [0.1, 0.15) is 51.9 Å². The highest BCUT2D eigenvalue weighted by Gasteiger charge is 2.62. The first-order valence-electron chi connectivity index (χ1n) is 8.66. The number of carbonyl (C=O) groups excluding carboxylic acids is 2. The van der Waals surface area contributed by atoms with Gasteiger partial charge in [0.05, 0.1) is 6.61 Å². The van der Waals surface area contributed by atoms with Crippen LogP contribution in [-0.4, -0.2) is 18.4 Å². The van der Waals surface area contributed by atoms with Gasteiger partial charge in [0, 0.05) is 23.8 Å². The van der Waals surface area contributed by atoms with Crippen LogP contribution in [0.4, 0.5) is 0 Å². The Hall–Kier alpha value is -1.12. The first kappa shape index (κ1) is 13.5. The van der Waals surface area contributed by atoms with E-state index in [-0.39, 0.29) is 17.8 Å². The number of esters is 1. The van der Waals surface area contributed by atoms with Gasteiger partial charge in [0.15, 0.2) is 0 Å². The van der Waals surface area contributed by atoms with E-state index in [1.807, 2.05) is 6.92 Å². The Kier molecular flexibility index (Phi) is 3.20. The van der Waals surface area contributed by atoms with E-state index in [2.05, 4.69) is 0 Å². The lowest BCUT2D eigenvalue weighted by molar-refractivity contribution is -0.141. The lowest BCUT2D eigenvalue weighted by atomic mass is 9.56. The fourth-order valence-corrected chi connectivity index (χ4v) is 5.59. The Balaban J connectivity index is 1.68. The Bertz CT molecular complexity index is 513. The molecule has 3 heteroatoms. The van der Waals surface area contributed by atoms with E-state index < -0.39 is 0 Å².